The van der Waals surface area contributed by atoms with Crippen molar-refractivity contribution in [3.63, 3.8) is 0 Å². The van der Waals surface area contributed by atoms with Crippen LogP contribution in [0.1, 0.15) is 18.9 Å². The summed E-state index contributed by atoms with van der Waals surface area (Å²) >= 11 is 5.98. The van der Waals surface area contributed by atoms with Gasteiger partial charge in [0, 0.05) is 19.5 Å². The Morgan fingerprint density at radius 1 is 1.53 bits per heavy atom. The molecule has 1 unspecified atom stereocenters. The average molecular weight is 282 g/mol. The van der Waals surface area contributed by atoms with E-state index in [-0.39, 0.29) is 12.3 Å². The van der Waals surface area contributed by atoms with E-state index in [0.29, 0.717) is 23.9 Å². The maximum Gasteiger partial charge on any atom is 0.316 e. The number of hydrogen-bond acceptors (Lipinski definition) is 3. The zero-order chi connectivity index (χ0) is 14.0. The van der Waals surface area contributed by atoms with Gasteiger partial charge < -0.3 is 9.64 Å². The lowest BCUT2D eigenvalue weighted by molar-refractivity contribution is -0.139. The SMILES string of the molecule is CCN1CC(C(=O)Oc2cc(C)ccc2Cl)CC1=O. The lowest BCUT2D eigenvalue weighted by atomic mass is 10.1. The second kappa shape index (κ2) is 5.61. The first-order valence-corrected chi connectivity index (χ1v) is 6.64. The van der Waals surface area contributed by atoms with Gasteiger partial charge in [0.05, 0.1) is 10.9 Å². The number of nitrogens with zero attached hydrogens (tertiary/aromatic N) is 1. The Morgan fingerprint density at radius 2 is 2.26 bits per heavy atom. The number of amides is 1. The normalized spacial score (nSPS) is 18.8. The Balaban J connectivity index is 2.06. The van der Waals surface area contributed by atoms with Crippen LogP contribution in [-0.2, 0) is 9.59 Å². The summed E-state index contributed by atoms with van der Waals surface area (Å²) in [5.74, 6) is -0.435. The second-order valence-corrected chi connectivity index (χ2v) is 5.10. The number of likely N-dealkylation sites (tertiary alicyclic amines) is 1. The maximum atomic E-state index is 12.0. The molecule has 0 aromatic heterocycles. The molecule has 1 saturated heterocycles. The van der Waals surface area contributed by atoms with Crippen molar-refractivity contribution in [1.82, 2.24) is 4.90 Å². The number of aryl methyl sites for hydroxylation is 1. The molecule has 1 aromatic carbocycles. The van der Waals surface area contributed by atoms with Crippen molar-refractivity contribution < 1.29 is 14.3 Å². The fraction of sp³-hybridized carbons (Fsp3) is 0.429. The van der Waals surface area contributed by atoms with E-state index in [1.54, 1.807) is 17.0 Å². The molecule has 19 heavy (non-hydrogen) atoms. The van der Waals surface area contributed by atoms with Crippen LogP contribution >= 0.6 is 11.6 Å². The minimum atomic E-state index is -0.399. The topological polar surface area (TPSA) is 46.6 Å². The first-order chi connectivity index (χ1) is 9.01. The van der Waals surface area contributed by atoms with Gasteiger partial charge in [-0.1, -0.05) is 17.7 Å². The van der Waals surface area contributed by atoms with Gasteiger partial charge in [-0.25, -0.2) is 0 Å². The van der Waals surface area contributed by atoms with Crippen molar-refractivity contribution in [1.29, 1.82) is 0 Å². The molecule has 0 aliphatic carbocycles. The van der Waals surface area contributed by atoms with Crippen molar-refractivity contribution in [2.75, 3.05) is 13.1 Å². The summed E-state index contributed by atoms with van der Waals surface area (Å²) < 4.78 is 5.30. The number of ether oxygens (including phenoxy) is 1. The Bertz CT molecular complexity index is 515. The molecule has 1 atom stereocenters. The summed E-state index contributed by atoms with van der Waals surface area (Å²) in [5, 5.41) is 0.399. The summed E-state index contributed by atoms with van der Waals surface area (Å²) in [5.41, 5.74) is 0.963. The Labute approximate surface area is 117 Å². The molecule has 0 bridgehead atoms. The van der Waals surface area contributed by atoms with E-state index in [0.717, 1.165) is 5.56 Å². The molecule has 1 fully saturated rings. The third kappa shape index (κ3) is 3.07. The molecule has 102 valence electrons. The molecule has 1 aromatic rings. The van der Waals surface area contributed by atoms with Gasteiger partial charge in [0.1, 0.15) is 5.75 Å². The van der Waals surface area contributed by atoms with Gasteiger partial charge in [0.15, 0.2) is 0 Å². The van der Waals surface area contributed by atoms with E-state index in [1.807, 2.05) is 19.9 Å². The van der Waals surface area contributed by atoms with Crippen LogP contribution in [0.3, 0.4) is 0 Å². The van der Waals surface area contributed by atoms with E-state index in [4.69, 9.17) is 16.3 Å². The van der Waals surface area contributed by atoms with E-state index in [1.165, 1.54) is 0 Å². The Hall–Kier alpha value is -1.55. The highest BCUT2D eigenvalue weighted by Gasteiger charge is 2.34. The summed E-state index contributed by atoms with van der Waals surface area (Å²) in [6.07, 6.45) is 0.218. The molecule has 1 heterocycles. The van der Waals surface area contributed by atoms with Gasteiger partial charge in [-0.05, 0) is 31.5 Å². The number of carbonyl (C=O) groups excluding carboxylic acids is 2. The first-order valence-electron chi connectivity index (χ1n) is 6.27. The van der Waals surface area contributed by atoms with Crippen LogP contribution in [0.4, 0.5) is 0 Å². The number of carbonyl (C=O) groups is 2. The van der Waals surface area contributed by atoms with Crippen LogP contribution in [0.15, 0.2) is 18.2 Å². The highest BCUT2D eigenvalue weighted by Crippen LogP contribution is 2.27. The molecule has 5 heteroatoms. The first kappa shape index (κ1) is 13.9. The zero-order valence-corrected chi connectivity index (χ0v) is 11.7. The molecule has 0 saturated carbocycles. The third-order valence-electron chi connectivity index (χ3n) is 3.23. The number of esters is 1. The van der Waals surface area contributed by atoms with Crippen molar-refractivity contribution in [2.24, 2.45) is 5.92 Å². The molecular weight excluding hydrogens is 266 g/mol. The molecule has 4 nitrogen and oxygen atoms in total. The van der Waals surface area contributed by atoms with Crippen LogP contribution in [0.2, 0.25) is 5.02 Å². The van der Waals surface area contributed by atoms with E-state index in [2.05, 4.69) is 0 Å². The summed E-state index contributed by atoms with van der Waals surface area (Å²) in [6, 6.07) is 5.25. The van der Waals surface area contributed by atoms with Gasteiger partial charge in [-0.2, -0.15) is 0 Å². The molecule has 1 aliphatic rings. The van der Waals surface area contributed by atoms with Gasteiger partial charge in [0.2, 0.25) is 5.91 Å². The summed E-state index contributed by atoms with van der Waals surface area (Å²) in [6.45, 7) is 4.83. The molecule has 0 radical (unpaired) electrons. The van der Waals surface area contributed by atoms with E-state index in [9.17, 15) is 9.59 Å². The largest absolute Gasteiger partial charge is 0.425 e. The molecule has 1 aliphatic heterocycles. The lowest BCUT2D eigenvalue weighted by Gasteiger charge is -2.13. The number of hydrogen-bond donors (Lipinski definition) is 0. The Kier molecular flexibility index (Phi) is 4.10. The standard InChI is InChI=1S/C14H16ClNO3/c1-3-16-8-10(7-13(16)17)14(18)19-12-6-9(2)4-5-11(12)15/h4-6,10H,3,7-8H2,1-2H3. The van der Waals surface area contributed by atoms with Crippen molar-refractivity contribution in [3.8, 4) is 5.75 Å². The number of benzene rings is 1. The lowest BCUT2D eigenvalue weighted by Crippen LogP contribution is -2.27. The molecular formula is C14H16ClNO3. The van der Waals surface area contributed by atoms with Crippen LogP contribution in [0, 0.1) is 12.8 Å². The van der Waals surface area contributed by atoms with Gasteiger partial charge in [-0.3, -0.25) is 9.59 Å². The molecule has 0 spiro atoms. The maximum absolute atomic E-state index is 12.0. The van der Waals surface area contributed by atoms with Crippen molar-refractivity contribution in [2.45, 2.75) is 20.3 Å². The van der Waals surface area contributed by atoms with Gasteiger partial charge in [-0.15, -0.1) is 0 Å². The minimum absolute atomic E-state index is 0.000195. The second-order valence-electron chi connectivity index (χ2n) is 4.69. The quantitative estimate of drug-likeness (QED) is 0.631. The smallest absolute Gasteiger partial charge is 0.316 e. The van der Waals surface area contributed by atoms with Crippen LogP contribution in [-0.4, -0.2) is 29.9 Å². The fourth-order valence-electron chi connectivity index (χ4n) is 2.12. The predicted molar refractivity (Wildman–Crippen MR) is 72.2 cm³/mol. The predicted octanol–water partition coefficient (Wildman–Crippen LogP) is 2.42. The van der Waals surface area contributed by atoms with Crippen LogP contribution in [0.5, 0.6) is 5.75 Å². The van der Waals surface area contributed by atoms with Crippen LogP contribution < -0.4 is 4.74 Å². The van der Waals surface area contributed by atoms with Crippen molar-refractivity contribution >= 4 is 23.5 Å². The Morgan fingerprint density at radius 3 is 2.89 bits per heavy atom. The molecule has 1 amide bonds. The zero-order valence-electron chi connectivity index (χ0n) is 11.0. The van der Waals surface area contributed by atoms with Gasteiger partial charge in [0.25, 0.3) is 0 Å². The average Bonchev–Trinajstić information content (AvgIpc) is 2.75. The van der Waals surface area contributed by atoms with Crippen LogP contribution in [0.25, 0.3) is 0 Å². The molecule has 2 rings (SSSR count). The van der Waals surface area contributed by atoms with E-state index >= 15 is 0 Å². The number of halogens is 1. The third-order valence-corrected chi connectivity index (χ3v) is 3.54. The van der Waals surface area contributed by atoms with Crippen molar-refractivity contribution in [3.05, 3.63) is 28.8 Å². The monoisotopic (exact) mass is 281 g/mol. The minimum Gasteiger partial charge on any atom is -0.425 e. The summed E-state index contributed by atoms with van der Waals surface area (Å²) in [7, 11) is 0. The summed E-state index contributed by atoms with van der Waals surface area (Å²) in [4.78, 5) is 25.3. The van der Waals surface area contributed by atoms with E-state index < -0.39 is 11.9 Å². The highest BCUT2D eigenvalue weighted by molar-refractivity contribution is 6.32. The fourth-order valence-corrected chi connectivity index (χ4v) is 2.27. The van der Waals surface area contributed by atoms with Gasteiger partial charge >= 0.3 is 5.97 Å². The highest BCUT2D eigenvalue weighted by atomic mass is 35.5. The number of rotatable bonds is 3. The molecule has 0 N–H and O–H groups in total.